The van der Waals surface area contributed by atoms with Crippen LogP contribution in [0.25, 0.3) is 0 Å². The van der Waals surface area contributed by atoms with Crippen LogP contribution < -0.4 is 9.64 Å². The van der Waals surface area contributed by atoms with E-state index in [1.165, 1.54) is 18.9 Å². The molecule has 1 aromatic carbocycles. The number of nitrogens with zero attached hydrogens (tertiary/aromatic N) is 5. The van der Waals surface area contributed by atoms with Crippen molar-refractivity contribution in [1.82, 2.24) is 19.8 Å². The fourth-order valence-corrected chi connectivity index (χ4v) is 7.02. The molecule has 14 heteroatoms. The van der Waals surface area contributed by atoms with Crippen LogP contribution in [0.1, 0.15) is 37.7 Å². The monoisotopic (exact) mass is 665 g/mol. The van der Waals surface area contributed by atoms with Gasteiger partial charge in [0.1, 0.15) is 29.9 Å². The Bertz CT molecular complexity index is 1290. The van der Waals surface area contributed by atoms with E-state index in [0.717, 1.165) is 38.3 Å². The number of carbonyl (C=O) groups excluding carboxylic acids is 1. The van der Waals surface area contributed by atoms with Crippen LogP contribution in [0.15, 0.2) is 30.6 Å². The Morgan fingerprint density at radius 2 is 1.65 bits per heavy atom. The number of β-amino-alcohol motifs (C(OH)–C–C–N with tert-alkyl or cyclic N) is 1. The molecule has 0 radical (unpaired) electrons. The van der Waals surface area contributed by atoms with E-state index in [1.807, 2.05) is 4.90 Å². The molecule has 1 amide bonds. The number of benzene rings is 1. The lowest BCUT2D eigenvalue weighted by Crippen LogP contribution is -2.54. The molecular formula is C32H45ClFN5O7. The van der Waals surface area contributed by atoms with Crippen LogP contribution in [-0.4, -0.2) is 135 Å². The number of anilines is 1. The highest BCUT2D eigenvalue weighted by Gasteiger charge is 2.45. The van der Waals surface area contributed by atoms with Crippen molar-refractivity contribution in [2.75, 3.05) is 63.9 Å². The molecule has 0 unspecified atom stereocenters. The van der Waals surface area contributed by atoms with Crippen LogP contribution in [0.2, 0.25) is 5.02 Å². The normalized spacial score (nSPS) is 21.5. The molecule has 3 heterocycles. The topological polar surface area (TPSA) is 163 Å². The third kappa shape index (κ3) is 8.62. The summed E-state index contributed by atoms with van der Waals surface area (Å²) >= 11 is 5.91. The predicted molar refractivity (Wildman–Crippen MR) is 168 cm³/mol. The molecule has 1 saturated carbocycles. The number of piperidine rings is 1. The fraction of sp³-hybridized carbons (Fsp3) is 0.656. The molecule has 0 bridgehead atoms. The average Bonchev–Trinajstić information content (AvgIpc) is 3.05. The number of aliphatic hydroxyl groups is 5. The van der Waals surface area contributed by atoms with E-state index in [2.05, 4.69) is 14.9 Å². The summed E-state index contributed by atoms with van der Waals surface area (Å²) < 4.78 is 20.8. The zero-order valence-electron chi connectivity index (χ0n) is 25.9. The Morgan fingerprint density at radius 1 is 1.00 bits per heavy atom. The molecular weight excluding hydrogens is 621 g/mol. The molecule has 1 aliphatic carbocycles. The lowest BCUT2D eigenvalue weighted by Gasteiger charge is -2.52. The Morgan fingerprint density at radius 3 is 2.28 bits per heavy atom. The number of halogens is 2. The second kappa shape index (κ2) is 15.5. The molecule has 1 spiro atoms. The minimum absolute atomic E-state index is 0.0236. The third-order valence-electron chi connectivity index (χ3n) is 9.81. The number of piperazine rings is 1. The van der Waals surface area contributed by atoms with Gasteiger partial charge >= 0.3 is 0 Å². The van der Waals surface area contributed by atoms with Gasteiger partial charge < -0.3 is 40.1 Å². The summed E-state index contributed by atoms with van der Waals surface area (Å²) in [5.41, 5.74) is 0.685. The van der Waals surface area contributed by atoms with Crippen molar-refractivity contribution in [3.63, 3.8) is 0 Å². The summed E-state index contributed by atoms with van der Waals surface area (Å²) in [6.45, 7) is 3.24. The van der Waals surface area contributed by atoms with E-state index in [0.29, 0.717) is 60.5 Å². The van der Waals surface area contributed by atoms with Gasteiger partial charge in [-0.25, -0.2) is 14.4 Å². The summed E-state index contributed by atoms with van der Waals surface area (Å²) in [5.74, 6) is 1.09. The standard InChI is InChI=1S/C32H45ClFN5O7/c33-23-17-35-31(36-18-23)39-6-4-32(5-7-39)15-21(16-32)3-12-46-24-2-1-22(25(34)14-24)13-28(43)38-10-8-37(9-11-38)19-26(41)29(44)30(45)27(42)20-40/h1-2,14,17-18,21,26-27,29-30,40-42,44-45H,3-13,15-16,19-20H2/t26-,27+,29+,30+/m0/s1. The molecule has 2 saturated heterocycles. The maximum Gasteiger partial charge on any atom is 0.227 e. The Kier molecular flexibility index (Phi) is 11.7. The van der Waals surface area contributed by atoms with Crippen LogP contribution in [-0.2, 0) is 11.2 Å². The van der Waals surface area contributed by atoms with Gasteiger partial charge in [0.05, 0.1) is 43.2 Å². The van der Waals surface area contributed by atoms with Crippen molar-refractivity contribution >= 4 is 23.5 Å². The summed E-state index contributed by atoms with van der Waals surface area (Å²) in [6, 6.07) is 4.64. The van der Waals surface area contributed by atoms with Gasteiger partial charge in [-0.3, -0.25) is 9.69 Å². The van der Waals surface area contributed by atoms with Crippen molar-refractivity contribution < 1.29 is 39.5 Å². The molecule has 1 aromatic heterocycles. The summed E-state index contributed by atoms with van der Waals surface area (Å²) in [4.78, 5) is 27.2. The molecule has 3 aliphatic rings. The van der Waals surface area contributed by atoms with Crippen LogP contribution in [0.3, 0.4) is 0 Å². The van der Waals surface area contributed by atoms with Crippen LogP contribution in [0.5, 0.6) is 5.75 Å². The number of aromatic nitrogens is 2. The second-order valence-corrected chi connectivity index (χ2v) is 13.4. The number of hydrogen-bond donors (Lipinski definition) is 5. The highest BCUT2D eigenvalue weighted by molar-refractivity contribution is 6.30. The molecule has 2 aliphatic heterocycles. The lowest BCUT2D eigenvalue weighted by atomic mass is 9.57. The van der Waals surface area contributed by atoms with Crippen molar-refractivity contribution in [2.24, 2.45) is 11.3 Å². The summed E-state index contributed by atoms with van der Waals surface area (Å²) in [5, 5.41) is 49.0. The molecule has 5 rings (SSSR count). The summed E-state index contributed by atoms with van der Waals surface area (Å²) in [7, 11) is 0. The minimum atomic E-state index is -1.68. The van der Waals surface area contributed by atoms with E-state index >= 15 is 0 Å². The van der Waals surface area contributed by atoms with E-state index in [4.69, 9.17) is 21.4 Å². The van der Waals surface area contributed by atoms with Crippen molar-refractivity contribution in [2.45, 2.75) is 62.9 Å². The average molecular weight is 666 g/mol. The maximum absolute atomic E-state index is 14.9. The SMILES string of the molecule is O=C(Cc1ccc(OCCC2CC3(CCN(c4ncc(Cl)cn4)CC3)C2)cc1F)N1CCN(C[C@H](O)[C@@H](O)[C@H](O)[C@H](O)CO)CC1. The smallest absolute Gasteiger partial charge is 0.227 e. The number of rotatable bonds is 13. The number of ether oxygens (including phenoxy) is 1. The zero-order chi connectivity index (χ0) is 32.8. The number of aliphatic hydroxyl groups excluding tert-OH is 5. The third-order valence-corrected chi connectivity index (χ3v) is 10.0. The van der Waals surface area contributed by atoms with Crippen LogP contribution in [0, 0.1) is 17.2 Å². The number of carbonyl (C=O) groups is 1. The quantitative estimate of drug-likeness (QED) is 0.206. The van der Waals surface area contributed by atoms with Gasteiger partial charge in [-0.1, -0.05) is 17.7 Å². The second-order valence-electron chi connectivity index (χ2n) is 13.0. The Labute approximate surface area is 273 Å². The van der Waals surface area contributed by atoms with E-state index in [-0.39, 0.29) is 18.9 Å². The lowest BCUT2D eigenvalue weighted by molar-refractivity contribution is -0.134. The first-order valence-electron chi connectivity index (χ1n) is 16.0. The first kappa shape index (κ1) is 34.7. The first-order valence-corrected chi connectivity index (χ1v) is 16.4. The van der Waals surface area contributed by atoms with Crippen molar-refractivity contribution in [3.8, 4) is 5.75 Å². The molecule has 12 nitrogen and oxygen atoms in total. The van der Waals surface area contributed by atoms with Gasteiger partial charge in [-0.05, 0) is 55.1 Å². The zero-order valence-corrected chi connectivity index (χ0v) is 26.7. The molecule has 46 heavy (non-hydrogen) atoms. The first-order chi connectivity index (χ1) is 22.1. The van der Waals surface area contributed by atoms with Gasteiger partial charge in [0.25, 0.3) is 0 Å². The van der Waals surface area contributed by atoms with Crippen LogP contribution in [0.4, 0.5) is 10.3 Å². The number of hydrogen-bond acceptors (Lipinski definition) is 11. The largest absolute Gasteiger partial charge is 0.493 e. The molecule has 2 aromatic rings. The fourth-order valence-electron chi connectivity index (χ4n) is 6.92. The van der Waals surface area contributed by atoms with Crippen LogP contribution >= 0.6 is 11.6 Å². The molecule has 5 N–H and O–H groups in total. The Hall–Kier alpha value is -2.65. The molecule has 254 valence electrons. The van der Waals surface area contributed by atoms with Crippen molar-refractivity contribution in [1.29, 1.82) is 0 Å². The maximum atomic E-state index is 14.9. The Balaban J connectivity index is 0.980. The summed E-state index contributed by atoms with van der Waals surface area (Å²) in [6.07, 6.45) is 2.47. The van der Waals surface area contributed by atoms with E-state index in [9.17, 15) is 29.6 Å². The van der Waals surface area contributed by atoms with Gasteiger partial charge in [0.2, 0.25) is 11.9 Å². The highest BCUT2D eigenvalue weighted by Crippen LogP contribution is 2.53. The van der Waals surface area contributed by atoms with Gasteiger partial charge in [0.15, 0.2) is 0 Å². The van der Waals surface area contributed by atoms with Crippen molar-refractivity contribution in [3.05, 3.63) is 47.0 Å². The highest BCUT2D eigenvalue weighted by atomic mass is 35.5. The minimum Gasteiger partial charge on any atom is -0.493 e. The van der Waals surface area contributed by atoms with E-state index in [1.54, 1.807) is 29.4 Å². The van der Waals surface area contributed by atoms with E-state index < -0.39 is 36.8 Å². The van der Waals surface area contributed by atoms with Gasteiger partial charge in [-0.2, -0.15) is 0 Å². The predicted octanol–water partition coefficient (Wildman–Crippen LogP) is 0.857. The van der Waals surface area contributed by atoms with Gasteiger partial charge in [0, 0.05) is 51.9 Å². The number of amides is 1. The van der Waals surface area contributed by atoms with Gasteiger partial charge in [-0.15, -0.1) is 0 Å². The molecule has 3 fully saturated rings. The molecule has 4 atom stereocenters.